The van der Waals surface area contributed by atoms with Gasteiger partial charge in [0.15, 0.2) is 11.2 Å². The fourth-order valence-corrected chi connectivity index (χ4v) is 4.91. The van der Waals surface area contributed by atoms with E-state index in [4.69, 9.17) is 0 Å². The molecule has 1 aliphatic rings. The number of aromatic nitrogens is 5. The van der Waals surface area contributed by atoms with Crippen molar-refractivity contribution in [1.82, 2.24) is 28.6 Å². The van der Waals surface area contributed by atoms with Crippen LogP contribution < -0.4 is 11.2 Å². The second kappa shape index (κ2) is 8.22. The Morgan fingerprint density at radius 3 is 2.78 bits per heavy atom. The summed E-state index contributed by atoms with van der Waals surface area (Å²) >= 11 is 3.57. The number of hydrogen-bond acceptors (Lipinski definition) is 4. The topological polar surface area (TPSA) is 80.8 Å². The molecule has 0 amide bonds. The largest absolute Gasteiger partial charge is 0.361 e. The van der Waals surface area contributed by atoms with Crippen molar-refractivity contribution in [2.24, 2.45) is 14.1 Å². The number of benzene rings is 1. The number of nitrogens with zero attached hydrogens (tertiary/aromatic N) is 5. The van der Waals surface area contributed by atoms with Crippen LogP contribution in [0.3, 0.4) is 0 Å². The van der Waals surface area contributed by atoms with Crippen LogP contribution >= 0.6 is 15.9 Å². The lowest BCUT2D eigenvalue weighted by molar-refractivity contribution is 0.292. The fourth-order valence-electron chi connectivity index (χ4n) is 4.55. The Hall–Kier alpha value is -2.91. The van der Waals surface area contributed by atoms with Gasteiger partial charge in [0.25, 0.3) is 5.56 Å². The summed E-state index contributed by atoms with van der Waals surface area (Å²) in [5, 5.41) is 1.25. The van der Waals surface area contributed by atoms with Gasteiger partial charge < -0.3 is 9.55 Å². The minimum atomic E-state index is -0.355. The Morgan fingerprint density at radius 2 is 2.00 bits per heavy atom. The molecule has 1 aliphatic heterocycles. The summed E-state index contributed by atoms with van der Waals surface area (Å²) in [6.07, 6.45) is 8.01. The van der Waals surface area contributed by atoms with Gasteiger partial charge >= 0.3 is 5.69 Å². The molecule has 0 saturated carbocycles. The smallest absolute Gasteiger partial charge is 0.332 e. The lowest BCUT2D eigenvalue weighted by Gasteiger charge is -2.26. The molecular weight excluding hydrogens is 472 g/mol. The van der Waals surface area contributed by atoms with Crippen LogP contribution in [-0.2, 0) is 20.6 Å². The molecule has 0 aliphatic carbocycles. The lowest BCUT2D eigenvalue weighted by Crippen LogP contribution is -2.37. The molecule has 3 aromatic heterocycles. The van der Waals surface area contributed by atoms with Crippen LogP contribution in [0, 0.1) is 0 Å². The van der Waals surface area contributed by atoms with Crippen LogP contribution in [0.5, 0.6) is 0 Å². The van der Waals surface area contributed by atoms with Crippen molar-refractivity contribution in [1.29, 1.82) is 0 Å². The number of rotatable bonds is 5. The molecule has 4 aromatic rings. The van der Waals surface area contributed by atoms with Crippen molar-refractivity contribution < 1.29 is 0 Å². The van der Waals surface area contributed by atoms with Crippen molar-refractivity contribution in [2.75, 3.05) is 19.6 Å². The van der Waals surface area contributed by atoms with Crippen LogP contribution in [0.1, 0.15) is 18.4 Å². The van der Waals surface area contributed by atoms with E-state index in [9.17, 15) is 9.59 Å². The summed E-state index contributed by atoms with van der Waals surface area (Å²) in [5.74, 6) is 0. The number of halogens is 1. The molecule has 0 atom stereocenters. The summed E-state index contributed by atoms with van der Waals surface area (Å²) in [6.45, 7) is 3.55. The minimum Gasteiger partial charge on any atom is -0.361 e. The predicted octanol–water partition coefficient (Wildman–Crippen LogP) is 2.86. The van der Waals surface area contributed by atoms with Crippen molar-refractivity contribution in [3.8, 4) is 0 Å². The zero-order valence-corrected chi connectivity index (χ0v) is 19.7. The summed E-state index contributed by atoms with van der Waals surface area (Å²) in [4.78, 5) is 34.8. The van der Waals surface area contributed by atoms with Gasteiger partial charge in [-0.05, 0) is 36.6 Å². The summed E-state index contributed by atoms with van der Waals surface area (Å²) in [5.41, 5.74) is 4.10. The zero-order chi connectivity index (χ0) is 22.4. The normalized spacial score (nSPS) is 15.0. The molecule has 0 radical (unpaired) electrons. The van der Waals surface area contributed by atoms with Gasteiger partial charge in [-0.15, -0.1) is 0 Å². The van der Waals surface area contributed by atoms with Crippen molar-refractivity contribution in [2.45, 2.75) is 19.4 Å². The Labute approximate surface area is 192 Å². The van der Waals surface area contributed by atoms with Crippen LogP contribution in [0.2, 0.25) is 0 Å². The lowest BCUT2D eigenvalue weighted by atomic mass is 9.99. The average Bonchev–Trinajstić information content (AvgIpc) is 3.41. The van der Waals surface area contributed by atoms with E-state index in [1.807, 2.05) is 4.57 Å². The fraction of sp³-hybridized carbons (Fsp3) is 0.348. The molecule has 0 fully saturated rings. The first-order valence-electron chi connectivity index (χ1n) is 10.7. The highest BCUT2D eigenvalue weighted by Gasteiger charge is 2.17. The Balaban J connectivity index is 1.26. The number of fused-ring (bicyclic) bond motifs is 2. The first-order chi connectivity index (χ1) is 15.4. The van der Waals surface area contributed by atoms with E-state index in [1.165, 1.54) is 28.1 Å². The van der Waals surface area contributed by atoms with Gasteiger partial charge in [0.2, 0.25) is 0 Å². The van der Waals surface area contributed by atoms with Gasteiger partial charge in [0.1, 0.15) is 0 Å². The van der Waals surface area contributed by atoms with Crippen LogP contribution in [-0.4, -0.2) is 48.2 Å². The summed E-state index contributed by atoms with van der Waals surface area (Å²) in [7, 11) is 3.15. The number of imidazole rings is 1. The third-order valence-corrected chi connectivity index (χ3v) is 6.87. The first kappa shape index (κ1) is 21.0. The second-order valence-corrected chi connectivity index (χ2v) is 9.26. The molecule has 166 valence electrons. The highest BCUT2D eigenvalue weighted by atomic mass is 79.9. The molecule has 1 N–H and O–H groups in total. The van der Waals surface area contributed by atoms with E-state index in [2.05, 4.69) is 61.3 Å². The highest BCUT2D eigenvalue weighted by Crippen LogP contribution is 2.31. The summed E-state index contributed by atoms with van der Waals surface area (Å²) < 4.78 is 5.52. The van der Waals surface area contributed by atoms with Crippen molar-refractivity contribution in [3.05, 3.63) is 67.7 Å². The number of hydrogen-bond donors (Lipinski definition) is 1. The minimum absolute atomic E-state index is 0.295. The van der Waals surface area contributed by atoms with E-state index < -0.39 is 0 Å². The van der Waals surface area contributed by atoms with Gasteiger partial charge in [0, 0.05) is 67.4 Å². The van der Waals surface area contributed by atoms with E-state index >= 15 is 0 Å². The van der Waals surface area contributed by atoms with Gasteiger partial charge in [-0.1, -0.05) is 22.0 Å². The Bertz CT molecular complexity index is 1470. The molecule has 9 heteroatoms. The molecule has 0 spiro atoms. The predicted molar refractivity (Wildman–Crippen MR) is 130 cm³/mol. The standard InChI is InChI=1S/C23H25BrN6O2/c1-27-21-20(22(31)28(2)23(27)32)30(14-26-21)9-3-8-29-10-6-15(7-11-29)18-13-25-19-5-4-16(24)12-17(18)19/h4-6,12-14,25H,3,7-11H2,1-2H3. The summed E-state index contributed by atoms with van der Waals surface area (Å²) in [6, 6.07) is 6.33. The van der Waals surface area contributed by atoms with Crippen molar-refractivity contribution >= 4 is 43.6 Å². The van der Waals surface area contributed by atoms with Crippen LogP contribution in [0.15, 0.2) is 50.9 Å². The van der Waals surface area contributed by atoms with Crippen molar-refractivity contribution in [3.63, 3.8) is 0 Å². The molecule has 0 unspecified atom stereocenters. The Morgan fingerprint density at radius 1 is 1.16 bits per heavy atom. The molecule has 8 nitrogen and oxygen atoms in total. The monoisotopic (exact) mass is 496 g/mol. The van der Waals surface area contributed by atoms with E-state index in [1.54, 1.807) is 13.4 Å². The number of nitrogens with one attached hydrogen (secondary N) is 1. The average molecular weight is 497 g/mol. The van der Waals surface area contributed by atoms with Gasteiger partial charge in [0.05, 0.1) is 6.33 Å². The molecule has 1 aromatic carbocycles. The first-order valence-corrected chi connectivity index (χ1v) is 11.5. The quantitative estimate of drug-likeness (QED) is 0.460. The highest BCUT2D eigenvalue weighted by molar-refractivity contribution is 9.10. The van der Waals surface area contributed by atoms with E-state index in [0.29, 0.717) is 17.7 Å². The van der Waals surface area contributed by atoms with E-state index in [0.717, 1.165) is 47.0 Å². The van der Waals surface area contributed by atoms with Gasteiger partial charge in [-0.3, -0.25) is 18.8 Å². The Kier molecular flexibility index (Phi) is 5.38. The number of aromatic amines is 1. The SMILES string of the molecule is Cn1c(=O)c2c(ncn2CCCN2CC=C(c3c[nH]c4ccc(Br)cc34)CC2)n(C)c1=O. The number of H-pyrrole nitrogens is 1. The van der Waals surface area contributed by atoms with Crippen LogP contribution in [0.4, 0.5) is 0 Å². The zero-order valence-electron chi connectivity index (χ0n) is 18.1. The van der Waals surface area contributed by atoms with Crippen LogP contribution in [0.25, 0.3) is 27.6 Å². The molecule has 4 heterocycles. The number of aryl methyl sites for hydroxylation is 2. The molecular formula is C23H25BrN6O2. The third kappa shape index (κ3) is 3.55. The molecule has 5 rings (SSSR count). The molecule has 0 bridgehead atoms. The second-order valence-electron chi connectivity index (χ2n) is 8.34. The maximum absolute atomic E-state index is 12.6. The third-order valence-electron chi connectivity index (χ3n) is 6.37. The molecule has 32 heavy (non-hydrogen) atoms. The van der Waals surface area contributed by atoms with E-state index in [-0.39, 0.29) is 11.2 Å². The maximum atomic E-state index is 12.6. The molecule has 0 saturated heterocycles. The maximum Gasteiger partial charge on any atom is 0.332 e. The van der Waals surface area contributed by atoms with Gasteiger partial charge in [-0.25, -0.2) is 9.78 Å². The van der Waals surface area contributed by atoms with Gasteiger partial charge in [-0.2, -0.15) is 0 Å².